The number of ether oxygens (including phenoxy) is 2. The fraction of sp³-hybridized carbons (Fsp3) is 0.812. The highest BCUT2D eigenvalue weighted by molar-refractivity contribution is 6.35. The molecule has 24 heavy (non-hydrogen) atoms. The van der Waals surface area contributed by atoms with Crippen LogP contribution in [0, 0.1) is 0 Å². The lowest BCUT2D eigenvalue weighted by atomic mass is 10.2. The molecule has 3 amide bonds. The molecule has 134 valence electrons. The van der Waals surface area contributed by atoms with Crippen LogP contribution in [0.5, 0.6) is 0 Å². The Hall–Kier alpha value is -1.67. The number of amides is 3. The van der Waals surface area contributed by atoms with Crippen LogP contribution in [0.15, 0.2) is 0 Å². The molecule has 2 heterocycles. The molecule has 0 aromatic heterocycles. The van der Waals surface area contributed by atoms with Crippen molar-refractivity contribution < 1.29 is 23.9 Å². The molecule has 0 aromatic rings. The summed E-state index contributed by atoms with van der Waals surface area (Å²) in [4.78, 5) is 38.7. The van der Waals surface area contributed by atoms with Crippen molar-refractivity contribution in [1.29, 1.82) is 0 Å². The molecule has 3 rings (SSSR count). The van der Waals surface area contributed by atoms with Gasteiger partial charge in [-0.15, -0.1) is 0 Å². The third-order valence-electron chi connectivity index (χ3n) is 4.98. The predicted molar refractivity (Wildman–Crippen MR) is 83.9 cm³/mol. The molecular formula is C16H25N3O5. The highest BCUT2D eigenvalue weighted by Gasteiger charge is 2.43. The Morgan fingerprint density at radius 3 is 2.33 bits per heavy atom. The van der Waals surface area contributed by atoms with E-state index in [9.17, 15) is 14.4 Å². The van der Waals surface area contributed by atoms with Crippen molar-refractivity contribution in [3.05, 3.63) is 0 Å². The molecule has 1 atom stereocenters. The molecule has 1 unspecified atom stereocenters. The summed E-state index contributed by atoms with van der Waals surface area (Å²) in [7, 11) is 0. The smallest absolute Gasteiger partial charge is 0.312 e. The maximum absolute atomic E-state index is 12.2. The van der Waals surface area contributed by atoms with E-state index in [1.807, 2.05) is 0 Å². The van der Waals surface area contributed by atoms with E-state index >= 15 is 0 Å². The molecule has 1 N–H and O–H groups in total. The van der Waals surface area contributed by atoms with Gasteiger partial charge in [0, 0.05) is 52.5 Å². The highest BCUT2D eigenvalue weighted by Crippen LogP contribution is 2.38. The SMILES string of the molecule is CC(=O)N1CCN(C(=O)C(=O)NCC2COC3(CCCC3)O2)CC1. The third kappa shape index (κ3) is 3.70. The van der Waals surface area contributed by atoms with Gasteiger partial charge in [-0.3, -0.25) is 14.4 Å². The van der Waals surface area contributed by atoms with E-state index in [1.54, 1.807) is 4.90 Å². The number of piperazine rings is 1. The van der Waals surface area contributed by atoms with Crippen molar-refractivity contribution in [2.45, 2.75) is 44.5 Å². The fourth-order valence-electron chi connectivity index (χ4n) is 3.54. The number of nitrogens with zero attached hydrogens (tertiary/aromatic N) is 2. The first-order valence-electron chi connectivity index (χ1n) is 8.63. The lowest BCUT2D eigenvalue weighted by Crippen LogP contribution is -2.54. The van der Waals surface area contributed by atoms with E-state index < -0.39 is 17.6 Å². The molecule has 1 saturated carbocycles. The molecule has 3 fully saturated rings. The van der Waals surface area contributed by atoms with Gasteiger partial charge in [0.15, 0.2) is 5.79 Å². The Labute approximate surface area is 141 Å². The number of hydrogen-bond donors (Lipinski definition) is 1. The molecule has 2 aliphatic heterocycles. The van der Waals surface area contributed by atoms with Crippen molar-refractivity contribution in [3.63, 3.8) is 0 Å². The van der Waals surface area contributed by atoms with Crippen LogP contribution >= 0.6 is 0 Å². The van der Waals surface area contributed by atoms with Crippen LogP contribution in [0.3, 0.4) is 0 Å². The van der Waals surface area contributed by atoms with Crippen LogP contribution in [-0.2, 0) is 23.9 Å². The maximum Gasteiger partial charge on any atom is 0.312 e. The average molecular weight is 339 g/mol. The molecule has 8 nitrogen and oxygen atoms in total. The number of carbonyl (C=O) groups excluding carboxylic acids is 3. The Kier molecular flexibility index (Phi) is 5.05. The number of nitrogens with one attached hydrogen (secondary N) is 1. The molecule has 8 heteroatoms. The van der Waals surface area contributed by atoms with Gasteiger partial charge in [0.25, 0.3) is 0 Å². The Balaban J connectivity index is 1.41. The van der Waals surface area contributed by atoms with Gasteiger partial charge in [-0.05, 0) is 12.8 Å². The minimum atomic E-state index is -0.623. The standard InChI is InChI=1S/C16H25N3O5/c1-12(20)18-6-8-19(9-7-18)15(22)14(21)17-10-13-11-23-16(24-13)4-2-3-5-16/h13H,2-11H2,1H3,(H,17,21). The van der Waals surface area contributed by atoms with Gasteiger partial charge in [0.05, 0.1) is 6.61 Å². The van der Waals surface area contributed by atoms with Crippen molar-refractivity contribution in [1.82, 2.24) is 15.1 Å². The molecule has 0 aromatic carbocycles. The first kappa shape index (κ1) is 17.2. The summed E-state index contributed by atoms with van der Waals surface area (Å²) in [5.41, 5.74) is 0. The Morgan fingerprint density at radius 2 is 1.71 bits per heavy atom. The zero-order valence-corrected chi connectivity index (χ0v) is 14.1. The normalized spacial score (nSPS) is 26.0. The van der Waals surface area contributed by atoms with Crippen LogP contribution in [-0.4, -0.2) is 78.7 Å². The van der Waals surface area contributed by atoms with Gasteiger partial charge in [0.2, 0.25) is 5.91 Å². The van der Waals surface area contributed by atoms with E-state index in [1.165, 1.54) is 11.8 Å². The van der Waals surface area contributed by atoms with Gasteiger partial charge in [-0.1, -0.05) is 0 Å². The van der Waals surface area contributed by atoms with Crippen molar-refractivity contribution >= 4 is 17.7 Å². The third-order valence-corrected chi connectivity index (χ3v) is 4.98. The van der Waals surface area contributed by atoms with Gasteiger partial charge < -0.3 is 24.6 Å². The van der Waals surface area contributed by atoms with Crippen LogP contribution in [0.25, 0.3) is 0 Å². The average Bonchev–Trinajstić information content (AvgIpc) is 3.22. The first-order valence-corrected chi connectivity index (χ1v) is 8.63. The molecule has 3 aliphatic rings. The summed E-state index contributed by atoms with van der Waals surface area (Å²) >= 11 is 0. The van der Waals surface area contributed by atoms with Gasteiger partial charge in [0.1, 0.15) is 6.10 Å². The van der Waals surface area contributed by atoms with Crippen molar-refractivity contribution in [2.75, 3.05) is 39.3 Å². The van der Waals surface area contributed by atoms with Gasteiger partial charge >= 0.3 is 11.8 Å². The second-order valence-electron chi connectivity index (χ2n) is 6.68. The van der Waals surface area contributed by atoms with E-state index in [-0.39, 0.29) is 18.6 Å². The van der Waals surface area contributed by atoms with E-state index in [0.717, 1.165) is 25.7 Å². The second-order valence-corrected chi connectivity index (χ2v) is 6.68. The topological polar surface area (TPSA) is 88.2 Å². The molecule has 0 radical (unpaired) electrons. The Morgan fingerprint density at radius 1 is 1.08 bits per heavy atom. The summed E-state index contributed by atoms with van der Waals surface area (Å²) in [5, 5.41) is 2.65. The summed E-state index contributed by atoms with van der Waals surface area (Å²) in [6, 6.07) is 0. The summed E-state index contributed by atoms with van der Waals surface area (Å²) < 4.78 is 11.7. The predicted octanol–water partition coefficient (Wildman–Crippen LogP) is -0.521. The van der Waals surface area contributed by atoms with Gasteiger partial charge in [-0.2, -0.15) is 0 Å². The zero-order valence-electron chi connectivity index (χ0n) is 14.1. The minimum absolute atomic E-state index is 0.00854. The van der Waals surface area contributed by atoms with Crippen molar-refractivity contribution in [2.24, 2.45) is 0 Å². The number of carbonyl (C=O) groups is 3. The lowest BCUT2D eigenvalue weighted by Gasteiger charge is -2.33. The molecule has 2 saturated heterocycles. The molecule has 1 spiro atoms. The van der Waals surface area contributed by atoms with E-state index in [0.29, 0.717) is 32.8 Å². The van der Waals surface area contributed by atoms with Crippen LogP contribution in [0.2, 0.25) is 0 Å². The maximum atomic E-state index is 12.2. The molecule has 0 bridgehead atoms. The second kappa shape index (κ2) is 7.06. The fourth-order valence-corrected chi connectivity index (χ4v) is 3.54. The van der Waals surface area contributed by atoms with E-state index in [2.05, 4.69) is 5.32 Å². The summed E-state index contributed by atoms with van der Waals surface area (Å²) in [6.07, 6.45) is 3.80. The summed E-state index contributed by atoms with van der Waals surface area (Å²) in [6.45, 7) is 3.94. The number of hydrogen-bond acceptors (Lipinski definition) is 5. The monoisotopic (exact) mass is 339 g/mol. The number of rotatable bonds is 2. The highest BCUT2D eigenvalue weighted by atomic mass is 16.7. The van der Waals surface area contributed by atoms with Crippen LogP contribution in [0.4, 0.5) is 0 Å². The van der Waals surface area contributed by atoms with E-state index in [4.69, 9.17) is 9.47 Å². The molecule has 1 aliphatic carbocycles. The van der Waals surface area contributed by atoms with Crippen LogP contribution in [0.1, 0.15) is 32.6 Å². The quantitative estimate of drug-likeness (QED) is 0.684. The first-order chi connectivity index (χ1) is 11.5. The Bertz CT molecular complexity index is 510. The lowest BCUT2D eigenvalue weighted by molar-refractivity contribution is -0.162. The summed E-state index contributed by atoms with van der Waals surface area (Å²) in [5.74, 6) is -1.64. The molecular weight excluding hydrogens is 314 g/mol. The van der Waals surface area contributed by atoms with Gasteiger partial charge in [-0.25, -0.2) is 0 Å². The largest absolute Gasteiger partial charge is 0.347 e. The zero-order chi connectivity index (χ0) is 17.2. The minimum Gasteiger partial charge on any atom is -0.347 e. The van der Waals surface area contributed by atoms with Crippen LogP contribution < -0.4 is 5.32 Å². The van der Waals surface area contributed by atoms with Crippen molar-refractivity contribution in [3.8, 4) is 0 Å².